The molecule has 0 aromatic carbocycles. The lowest BCUT2D eigenvalue weighted by molar-refractivity contribution is 0.0845. The summed E-state index contributed by atoms with van der Waals surface area (Å²) in [6.45, 7) is 1.68. The molecule has 1 aromatic rings. The predicted octanol–water partition coefficient (Wildman–Crippen LogP) is 2.33. The Labute approximate surface area is 79.2 Å². The zero-order chi connectivity index (χ0) is 8.39. The van der Waals surface area contributed by atoms with Gasteiger partial charge in [0.15, 0.2) is 0 Å². The molecule has 12 heavy (non-hydrogen) atoms. The molecule has 2 rings (SSSR count). The van der Waals surface area contributed by atoms with Gasteiger partial charge in [-0.25, -0.2) is 4.98 Å². The Morgan fingerprint density at radius 1 is 1.42 bits per heavy atom. The van der Waals surface area contributed by atoms with Crippen LogP contribution in [0.15, 0.2) is 15.5 Å². The van der Waals surface area contributed by atoms with Gasteiger partial charge >= 0.3 is 0 Å². The normalized spacial score (nSPS) is 19.8. The lowest BCUT2D eigenvalue weighted by Crippen LogP contribution is -2.14. The van der Waals surface area contributed by atoms with Crippen molar-refractivity contribution >= 4 is 15.9 Å². The third-order valence-electron chi connectivity index (χ3n) is 2.13. The molecule has 0 aliphatic carbocycles. The van der Waals surface area contributed by atoms with E-state index in [1.807, 2.05) is 0 Å². The summed E-state index contributed by atoms with van der Waals surface area (Å²) < 4.78 is 10.3. The van der Waals surface area contributed by atoms with Crippen LogP contribution < -0.4 is 0 Å². The predicted molar refractivity (Wildman–Crippen MR) is 47.0 cm³/mol. The maximum absolute atomic E-state index is 5.26. The van der Waals surface area contributed by atoms with Crippen LogP contribution in [0.25, 0.3) is 0 Å². The topological polar surface area (TPSA) is 35.3 Å². The molecule has 0 radical (unpaired) electrons. The van der Waals surface area contributed by atoms with Crippen LogP contribution in [-0.2, 0) is 4.74 Å². The van der Waals surface area contributed by atoms with Crippen LogP contribution >= 0.6 is 15.9 Å². The fourth-order valence-corrected chi connectivity index (χ4v) is 1.74. The van der Waals surface area contributed by atoms with Crippen molar-refractivity contribution in [2.45, 2.75) is 18.8 Å². The van der Waals surface area contributed by atoms with Gasteiger partial charge in [-0.1, -0.05) is 0 Å². The molecular formula is C8H10BrNO2. The highest BCUT2D eigenvalue weighted by Crippen LogP contribution is 2.26. The summed E-state index contributed by atoms with van der Waals surface area (Å²) >= 11 is 3.19. The van der Waals surface area contributed by atoms with E-state index in [4.69, 9.17) is 9.15 Å². The van der Waals surface area contributed by atoms with E-state index in [-0.39, 0.29) is 0 Å². The average Bonchev–Trinajstić information content (AvgIpc) is 2.54. The van der Waals surface area contributed by atoms with E-state index in [1.54, 1.807) is 6.26 Å². The van der Waals surface area contributed by atoms with Crippen LogP contribution in [0.4, 0.5) is 0 Å². The Kier molecular flexibility index (Phi) is 2.46. The Balaban J connectivity index is 2.08. The Hall–Kier alpha value is -0.350. The van der Waals surface area contributed by atoms with Crippen molar-refractivity contribution in [1.82, 2.24) is 4.98 Å². The minimum absolute atomic E-state index is 0.522. The van der Waals surface area contributed by atoms with Crippen molar-refractivity contribution in [3.63, 3.8) is 0 Å². The van der Waals surface area contributed by atoms with Crippen LogP contribution in [0.5, 0.6) is 0 Å². The fraction of sp³-hybridized carbons (Fsp3) is 0.625. The van der Waals surface area contributed by atoms with Gasteiger partial charge in [-0.05, 0) is 12.8 Å². The monoisotopic (exact) mass is 231 g/mol. The van der Waals surface area contributed by atoms with Gasteiger partial charge in [0, 0.05) is 35.1 Å². The van der Waals surface area contributed by atoms with Gasteiger partial charge in [0.25, 0.3) is 4.80 Å². The molecule has 0 N–H and O–H groups in total. The van der Waals surface area contributed by atoms with Crippen molar-refractivity contribution in [1.29, 1.82) is 0 Å². The van der Waals surface area contributed by atoms with Crippen LogP contribution in [0.2, 0.25) is 0 Å². The number of hydrogen-bond acceptors (Lipinski definition) is 3. The Morgan fingerprint density at radius 2 is 2.17 bits per heavy atom. The molecular weight excluding hydrogens is 222 g/mol. The molecule has 0 saturated carbocycles. The van der Waals surface area contributed by atoms with E-state index in [2.05, 4.69) is 20.9 Å². The second-order valence-corrected chi connectivity index (χ2v) is 3.59. The standard InChI is InChI=1S/C8H10BrNO2/c9-8-10-7(5-12-8)6-1-3-11-4-2-6/h5-6H,1-4H2. The van der Waals surface area contributed by atoms with E-state index >= 15 is 0 Å². The lowest BCUT2D eigenvalue weighted by Gasteiger charge is -2.19. The van der Waals surface area contributed by atoms with E-state index in [0.717, 1.165) is 31.7 Å². The van der Waals surface area contributed by atoms with Crippen LogP contribution in [0.3, 0.4) is 0 Å². The molecule has 1 aromatic heterocycles. The summed E-state index contributed by atoms with van der Waals surface area (Å²) in [5, 5.41) is 0. The van der Waals surface area contributed by atoms with Crippen molar-refractivity contribution in [2.75, 3.05) is 13.2 Å². The largest absolute Gasteiger partial charge is 0.439 e. The molecule has 1 aliphatic rings. The number of hydrogen-bond donors (Lipinski definition) is 0. The molecule has 0 unspecified atom stereocenters. The molecule has 1 fully saturated rings. The molecule has 3 nitrogen and oxygen atoms in total. The molecule has 0 atom stereocenters. The maximum Gasteiger partial charge on any atom is 0.264 e. The van der Waals surface area contributed by atoms with Crippen LogP contribution in [0.1, 0.15) is 24.5 Å². The maximum atomic E-state index is 5.26. The highest BCUT2D eigenvalue weighted by atomic mass is 79.9. The van der Waals surface area contributed by atoms with E-state index < -0.39 is 0 Å². The first-order chi connectivity index (χ1) is 5.86. The first-order valence-corrected chi connectivity index (χ1v) is 4.84. The number of rotatable bonds is 1. The molecule has 4 heteroatoms. The molecule has 1 saturated heterocycles. The second kappa shape index (κ2) is 3.58. The number of halogens is 1. The minimum atomic E-state index is 0.522. The average molecular weight is 232 g/mol. The van der Waals surface area contributed by atoms with Gasteiger partial charge in [-0.3, -0.25) is 0 Å². The number of nitrogens with zero attached hydrogens (tertiary/aromatic N) is 1. The summed E-state index contributed by atoms with van der Waals surface area (Å²) in [6, 6.07) is 0. The molecule has 66 valence electrons. The zero-order valence-corrected chi connectivity index (χ0v) is 8.21. The fourth-order valence-electron chi connectivity index (χ4n) is 1.44. The lowest BCUT2D eigenvalue weighted by atomic mass is 9.97. The number of oxazole rings is 1. The molecule has 2 heterocycles. The van der Waals surface area contributed by atoms with Gasteiger partial charge in [0.05, 0.1) is 5.69 Å². The zero-order valence-electron chi connectivity index (χ0n) is 6.62. The second-order valence-electron chi connectivity index (χ2n) is 2.91. The van der Waals surface area contributed by atoms with Gasteiger partial charge in [-0.2, -0.15) is 0 Å². The van der Waals surface area contributed by atoms with Crippen LogP contribution in [0, 0.1) is 0 Å². The molecule has 0 spiro atoms. The summed E-state index contributed by atoms with van der Waals surface area (Å²) in [4.78, 5) is 4.80. The first-order valence-electron chi connectivity index (χ1n) is 4.05. The molecule has 0 bridgehead atoms. The van der Waals surface area contributed by atoms with Crippen LogP contribution in [-0.4, -0.2) is 18.2 Å². The van der Waals surface area contributed by atoms with Gasteiger partial charge in [0.1, 0.15) is 6.26 Å². The van der Waals surface area contributed by atoms with E-state index in [0.29, 0.717) is 10.7 Å². The smallest absolute Gasteiger partial charge is 0.264 e. The van der Waals surface area contributed by atoms with Crippen molar-refractivity contribution in [3.05, 3.63) is 16.8 Å². The number of ether oxygens (including phenoxy) is 1. The van der Waals surface area contributed by atoms with Crippen molar-refractivity contribution < 1.29 is 9.15 Å². The SMILES string of the molecule is Brc1nc(C2CCOCC2)co1. The first kappa shape index (κ1) is 8.26. The number of aromatic nitrogens is 1. The third-order valence-corrected chi connectivity index (χ3v) is 2.50. The summed E-state index contributed by atoms with van der Waals surface area (Å²) in [6.07, 6.45) is 3.83. The quantitative estimate of drug-likeness (QED) is 0.745. The van der Waals surface area contributed by atoms with Gasteiger partial charge < -0.3 is 9.15 Å². The summed E-state index contributed by atoms with van der Waals surface area (Å²) in [7, 11) is 0. The molecule has 0 amide bonds. The van der Waals surface area contributed by atoms with Crippen molar-refractivity contribution in [2.24, 2.45) is 0 Å². The van der Waals surface area contributed by atoms with Gasteiger partial charge in [0.2, 0.25) is 0 Å². The molecule has 1 aliphatic heterocycles. The Morgan fingerprint density at radius 3 is 2.75 bits per heavy atom. The highest BCUT2D eigenvalue weighted by Gasteiger charge is 2.18. The Bertz CT molecular complexity index is 255. The van der Waals surface area contributed by atoms with E-state index in [9.17, 15) is 0 Å². The third kappa shape index (κ3) is 1.69. The van der Waals surface area contributed by atoms with Gasteiger partial charge in [-0.15, -0.1) is 0 Å². The summed E-state index contributed by atoms with van der Waals surface area (Å²) in [5.41, 5.74) is 1.05. The highest BCUT2D eigenvalue weighted by molar-refractivity contribution is 9.10. The van der Waals surface area contributed by atoms with Crippen molar-refractivity contribution in [3.8, 4) is 0 Å². The minimum Gasteiger partial charge on any atom is -0.439 e. The summed E-state index contributed by atoms with van der Waals surface area (Å²) in [5.74, 6) is 0.522. The van der Waals surface area contributed by atoms with E-state index in [1.165, 1.54) is 0 Å².